The molecule has 1 nitrogen and oxygen atoms in total. The van der Waals surface area contributed by atoms with Crippen LogP contribution in [0.2, 0.25) is 0 Å². The van der Waals surface area contributed by atoms with Crippen LogP contribution < -0.4 is 4.90 Å². The zero-order chi connectivity index (χ0) is 30.7. The lowest BCUT2D eigenvalue weighted by atomic mass is 9.99. The fraction of sp³-hybridized carbons (Fsp3) is 0. The van der Waals surface area contributed by atoms with Crippen LogP contribution in [0.4, 0.5) is 16.4 Å². The van der Waals surface area contributed by atoms with Gasteiger partial charge in [0.1, 0.15) is 5.00 Å². The second-order valence-electron chi connectivity index (χ2n) is 11.4. The first-order valence-electron chi connectivity index (χ1n) is 15.6. The van der Waals surface area contributed by atoms with Crippen LogP contribution in [-0.2, 0) is 0 Å². The van der Waals surface area contributed by atoms with Crippen LogP contribution in [0.5, 0.6) is 0 Å². The summed E-state index contributed by atoms with van der Waals surface area (Å²) in [7, 11) is 0. The van der Waals surface area contributed by atoms with Gasteiger partial charge in [-0.05, 0) is 86.3 Å². The number of anilines is 3. The van der Waals surface area contributed by atoms with Gasteiger partial charge in [-0.2, -0.15) is 0 Å². The van der Waals surface area contributed by atoms with E-state index in [2.05, 4.69) is 193 Å². The lowest BCUT2D eigenvalue weighted by molar-refractivity contribution is 1.32. The highest BCUT2D eigenvalue weighted by Crippen LogP contribution is 2.42. The molecule has 8 rings (SSSR count). The Morgan fingerprint density at radius 1 is 0.304 bits per heavy atom. The Balaban J connectivity index is 1.11. The molecule has 0 bridgehead atoms. The molecule has 46 heavy (non-hydrogen) atoms. The summed E-state index contributed by atoms with van der Waals surface area (Å²) >= 11 is 1.82. The van der Waals surface area contributed by atoms with Crippen molar-refractivity contribution >= 4 is 37.8 Å². The Kier molecular flexibility index (Phi) is 7.47. The van der Waals surface area contributed by atoms with Gasteiger partial charge in [0.2, 0.25) is 0 Å². The van der Waals surface area contributed by atoms with Gasteiger partial charge in [0.15, 0.2) is 0 Å². The maximum atomic E-state index is 2.37. The van der Waals surface area contributed by atoms with E-state index in [1.807, 2.05) is 11.3 Å². The number of nitrogens with zero attached hydrogens (tertiary/aromatic N) is 1. The van der Waals surface area contributed by atoms with Gasteiger partial charge >= 0.3 is 0 Å². The first-order chi connectivity index (χ1) is 22.8. The lowest BCUT2D eigenvalue weighted by Gasteiger charge is -2.24. The Hall–Kier alpha value is -5.70. The van der Waals surface area contributed by atoms with E-state index >= 15 is 0 Å². The molecule has 0 aliphatic carbocycles. The van der Waals surface area contributed by atoms with Crippen molar-refractivity contribution in [3.05, 3.63) is 188 Å². The Bertz CT molecular complexity index is 2040. The first kappa shape index (κ1) is 27.8. The van der Waals surface area contributed by atoms with Crippen molar-refractivity contribution in [1.29, 1.82) is 0 Å². The molecule has 0 saturated carbocycles. The quantitative estimate of drug-likeness (QED) is 0.175. The predicted octanol–water partition coefficient (Wildman–Crippen LogP) is 13.0. The zero-order valence-corrected chi connectivity index (χ0v) is 26.1. The van der Waals surface area contributed by atoms with E-state index < -0.39 is 0 Å². The summed E-state index contributed by atoms with van der Waals surface area (Å²) in [5, 5.41) is 2.46. The minimum atomic E-state index is 1.14. The lowest BCUT2D eigenvalue weighted by Crippen LogP contribution is -2.08. The molecule has 0 N–H and O–H groups in total. The molecule has 0 radical (unpaired) electrons. The van der Waals surface area contributed by atoms with Crippen molar-refractivity contribution in [3.63, 3.8) is 0 Å². The molecule has 1 aromatic heterocycles. The smallest absolute Gasteiger partial charge is 0.101 e. The van der Waals surface area contributed by atoms with Gasteiger partial charge in [0, 0.05) is 16.1 Å². The molecule has 2 heteroatoms. The van der Waals surface area contributed by atoms with Crippen molar-refractivity contribution < 1.29 is 0 Å². The predicted molar refractivity (Wildman–Crippen MR) is 198 cm³/mol. The second-order valence-corrected chi connectivity index (χ2v) is 12.5. The summed E-state index contributed by atoms with van der Waals surface area (Å²) < 4.78 is 1.28. The van der Waals surface area contributed by atoms with Gasteiger partial charge in [-0.3, -0.25) is 0 Å². The van der Waals surface area contributed by atoms with Crippen molar-refractivity contribution in [1.82, 2.24) is 0 Å². The number of benzene rings is 7. The monoisotopic (exact) mass is 605 g/mol. The summed E-state index contributed by atoms with van der Waals surface area (Å²) in [5.41, 5.74) is 12.0. The van der Waals surface area contributed by atoms with E-state index in [9.17, 15) is 0 Å². The summed E-state index contributed by atoms with van der Waals surface area (Å²) in [6.45, 7) is 0. The molecule has 0 fully saturated rings. The standard InChI is InChI=1S/C44H31NS/c1-3-9-32(10-4-1)34-15-19-36(20-16-34)38-23-27-41(28-24-38)45(44-31-40-13-7-8-14-43(40)46-44)42-29-25-39(26-30-42)37-21-17-35(18-22-37)33-11-5-2-6-12-33/h1-31H. The van der Waals surface area contributed by atoms with Crippen molar-refractivity contribution in [2.75, 3.05) is 4.90 Å². The van der Waals surface area contributed by atoms with Crippen LogP contribution in [0.3, 0.4) is 0 Å². The van der Waals surface area contributed by atoms with E-state index in [-0.39, 0.29) is 0 Å². The Morgan fingerprint density at radius 2 is 0.630 bits per heavy atom. The summed E-state index contributed by atoms with van der Waals surface area (Å²) in [6, 6.07) is 67.5. The maximum Gasteiger partial charge on any atom is 0.101 e. The molecule has 0 aliphatic heterocycles. The highest BCUT2D eigenvalue weighted by Gasteiger charge is 2.16. The molecule has 0 aliphatic rings. The average Bonchev–Trinajstić information content (AvgIpc) is 3.57. The first-order valence-corrected chi connectivity index (χ1v) is 16.4. The summed E-state index contributed by atoms with van der Waals surface area (Å²) in [4.78, 5) is 2.37. The highest BCUT2D eigenvalue weighted by molar-refractivity contribution is 7.23. The molecular weight excluding hydrogens is 575 g/mol. The van der Waals surface area contributed by atoms with Gasteiger partial charge in [-0.25, -0.2) is 0 Å². The van der Waals surface area contributed by atoms with Gasteiger partial charge in [0.25, 0.3) is 0 Å². The molecule has 8 aromatic rings. The van der Waals surface area contributed by atoms with Crippen LogP contribution in [0.25, 0.3) is 54.6 Å². The summed E-state index contributed by atoms with van der Waals surface area (Å²) in [5.74, 6) is 0. The number of hydrogen-bond donors (Lipinski definition) is 0. The number of hydrogen-bond acceptors (Lipinski definition) is 2. The average molecular weight is 606 g/mol. The molecule has 0 amide bonds. The number of thiophene rings is 1. The van der Waals surface area contributed by atoms with Crippen LogP contribution >= 0.6 is 11.3 Å². The normalized spacial score (nSPS) is 11.0. The fourth-order valence-corrected chi connectivity index (χ4v) is 7.16. The molecule has 7 aromatic carbocycles. The van der Waals surface area contributed by atoms with Crippen LogP contribution in [-0.4, -0.2) is 0 Å². The molecule has 0 unspecified atom stereocenters. The molecule has 0 atom stereocenters. The van der Waals surface area contributed by atoms with Gasteiger partial charge in [-0.1, -0.05) is 152 Å². The minimum absolute atomic E-state index is 1.14. The van der Waals surface area contributed by atoms with E-state index in [0.717, 1.165) is 11.4 Å². The third-order valence-corrected chi connectivity index (χ3v) is 9.64. The van der Waals surface area contributed by atoms with Crippen LogP contribution in [0.15, 0.2) is 188 Å². The molecular formula is C44H31NS. The largest absolute Gasteiger partial charge is 0.302 e. The zero-order valence-electron chi connectivity index (χ0n) is 25.3. The van der Waals surface area contributed by atoms with Gasteiger partial charge in [0.05, 0.1) is 0 Å². The van der Waals surface area contributed by atoms with Gasteiger partial charge in [-0.15, -0.1) is 11.3 Å². The van der Waals surface area contributed by atoms with E-state index in [0.29, 0.717) is 0 Å². The van der Waals surface area contributed by atoms with E-state index in [1.165, 1.54) is 59.6 Å². The van der Waals surface area contributed by atoms with Crippen LogP contribution in [0.1, 0.15) is 0 Å². The molecule has 0 spiro atoms. The number of rotatable bonds is 7. The van der Waals surface area contributed by atoms with Gasteiger partial charge < -0.3 is 4.90 Å². The van der Waals surface area contributed by atoms with E-state index in [1.54, 1.807) is 0 Å². The summed E-state index contributed by atoms with van der Waals surface area (Å²) in [6.07, 6.45) is 0. The minimum Gasteiger partial charge on any atom is -0.302 e. The van der Waals surface area contributed by atoms with Crippen molar-refractivity contribution in [3.8, 4) is 44.5 Å². The Morgan fingerprint density at radius 3 is 1.02 bits per heavy atom. The molecule has 0 saturated heterocycles. The Labute approximate surface area is 274 Å². The number of fused-ring (bicyclic) bond motifs is 1. The molecule has 218 valence electrons. The molecule has 1 heterocycles. The van der Waals surface area contributed by atoms with Crippen molar-refractivity contribution in [2.45, 2.75) is 0 Å². The highest BCUT2D eigenvalue weighted by atomic mass is 32.1. The third kappa shape index (κ3) is 5.63. The topological polar surface area (TPSA) is 3.24 Å². The third-order valence-electron chi connectivity index (χ3n) is 8.53. The van der Waals surface area contributed by atoms with E-state index in [4.69, 9.17) is 0 Å². The fourth-order valence-electron chi connectivity index (χ4n) is 6.06. The van der Waals surface area contributed by atoms with Crippen LogP contribution in [0, 0.1) is 0 Å². The maximum absolute atomic E-state index is 2.37. The van der Waals surface area contributed by atoms with Crippen molar-refractivity contribution in [2.24, 2.45) is 0 Å². The second kappa shape index (κ2) is 12.4. The SMILES string of the molecule is c1ccc(-c2ccc(-c3ccc(N(c4ccc(-c5ccc(-c6ccccc6)cc5)cc4)c4cc5ccccc5s4)cc3)cc2)cc1.